The summed E-state index contributed by atoms with van der Waals surface area (Å²) in [6, 6.07) is 19.1. The summed E-state index contributed by atoms with van der Waals surface area (Å²) < 4.78 is 0. The van der Waals surface area contributed by atoms with Gasteiger partial charge in [0.05, 0.1) is 11.7 Å². The number of hydrogen-bond acceptors (Lipinski definition) is 4. The summed E-state index contributed by atoms with van der Waals surface area (Å²) in [7, 11) is 0. The van der Waals surface area contributed by atoms with Crippen LogP contribution >= 0.6 is 0 Å². The predicted octanol–water partition coefficient (Wildman–Crippen LogP) is 4.24. The van der Waals surface area contributed by atoms with E-state index >= 15 is 0 Å². The van der Waals surface area contributed by atoms with Gasteiger partial charge in [0.1, 0.15) is 0 Å². The Morgan fingerprint density at radius 3 is 2.38 bits per heavy atom. The molecule has 0 unspecified atom stereocenters. The number of aromatic nitrogens is 2. The molecule has 1 heterocycles. The summed E-state index contributed by atoms with van der Waals surface area (Å²) in [6.45, 7) is 2.06. The van der Waals surface area contributed by atoms with Crippen LogP contribution in [0, 0.1) is 0 Å². The number of amides is 1. The number of anilines is 1. The molecule has 134 valence electrons. The Morgan fingerprint density at radius 1 is 1.08 bits per heavy atom. The maximum Gasteiger partial charge on any atom is 0.251 e. The lowest BCUT2D eigenvalue weighted by atomic mass is 10.0. The van der Waals surface area contributed by atoms with Crippen molar-refractivity contribution in [3.8, 4) is 11.3 Å². The summed E-state index contributed by atoms with van der Waals surface area (Å²) >= 11 is 0. The van der Waals surface area contributed by atoms with E-state index in [0.29, 0.717) is 5.56 Å². The Hall–Kier alpha value is -3.21. The summed E-state index contributed by atoms with van der Waals surface area (Å²) in [5, 5.41) is 3.08. The van der Waals surface area contributed by atoms with Gasteiger partial charge in [-0.2, -0.15) is 0 Å². The minimum Gasteiger partial charge on any atom is -0.368 e. The first-order valence-electron chi connectivity index (χ1n) is 8.22. The molecule has 3 aromatic rings. The molecular formula is C21H24N4O. The number of hydrogen-bond donors (Lipinski definition) is 2. The van der Waals surface area contributed by atoms with Crippen molar-refractivity contribution >= 4 is 11.9 Å². The van der Waals surface area contributed by atoms with Crippen molar-refractivity contribution in [3.63, 3.8) is 0 Å². The van der Waals surface area contributed by atoms with E-state index in [4.69, 9.17) is 5.73 Å². The number of nitrogens with one attached hydrogen (secondary N) is 1. The molecule has 26 heavy (non-hydrogen) atoms. The zero-order chi connectivity index (χ0) is 17.6. The molecule has 5 heteroatoms. The van der Waals surface area contributed by atoms with Crippen LogP contribution in [0.5, 0.6) is 0 Å². The van der Waals surface area contributed by atoms with Crippen molar-refractivity contribution in [2.45, 2.75) is 26.8 Å². The highest BCUT2D eigenvalue weighted by Crippen LogP contribution is 2.19. The van der Waals surface area contributed by atoms with Crippen LogP contribution in [-0.2, 0) is 0 Å². The van der Waals surface area contributed by atoms with Crippen molar-refractivity contribution in [2.24, 2.45) is 0 Å². The first-order chi connectivity index (χ1) is 12.2. The molecule has 0 radical (unpaired) electrons. The second-order valence-electron chi connectivity index (χ2n) is 5.72. The second-order valence-corrected chi connectivity index (χ2v) is 5.72. The predicted molar refractivity (Wildman–Crippen MR) is 106 cm³/mol. The molecule has 1 amide bonds. The van der Waals surface area contributed by atoms with Crippen molar-refractivity contribution in [2.75, 3.05) is 5.73 Å². The van der Waals surface area contributed by atoms with E-state index in [-0.39, 0.29) is 25.3 Å². The third-order valence-corrected chi connectivity index (χ3v) is 4.03. The Kier molecular flexibility index (Phi) is 6.44. The normalized spacial score (nSPS) is 11.3. The molecule has 0 saturated heterocycles. The van der Waals surface area contributed by atoms with E-state index < -0.39 is 0 Å². The van der Waals surface area contributed by atoms with Gasteiger partial charge >= 0.3 is 0 Å². The Bertz CT molecular complexity index is 847. The molecule has 5 nitrogen and oxygen atoms in total. The molecule has 3 rings (SSSR count). The zero-order valence-electron chi connectivity index (χ0n) is 14.0. The van der Waals surface area contributed by atoms with E-state index in [1.54, 1.807) is 24.4 Å². The summed E-state index contributed by atoms with van der Waals surface area (Å²) in [5.41, 5.74) is 8.95. The molecule has 2 aromatic carbocycles. The van der Waals surface area contributed by atoms with Gasteiger partial charge in [0.2, 0.25) is 5.95 Å². The first kappa shape index (κ1) is 19.1. The van der Waals surface area contributed by atoms with Gasteiger partial charge in [0.15, 0.2) is 0 Å². The van der Waals surface area contributed by atoms with Crippen LogP contribution in [0.25, 0.3) is 11.3 Å². The standard InChI is InChI=1S/C20H20N4O.CH4/c1-2-17(14-6-4-3-5-7-14)23-19(25)16-10-8-15(9-11-16)18-12-13-22-20(21)24-18;/h3-13,17H,2H2,1H3,(H,23,25)(H2,21,22,24);1H4/t17-;/m0./s1. The van der Waals surface area contributed by atoms with Crippen LogP contribution in [0.4, 0.5) is 5.95 Å². The molecule has 0 fully saturated rings. The van der Waals surface area contributed by atoms with Gasteiger partial charge in [-0.05, 0) is 30.2 Å². The van der Waals surface area contributed by atoms with Gasteiger partial charge in [-0.1, -0.05) is 56.8 Å². The number of nitrogen functional groups attached to an aromatic ring is 1. The van der Waals surface area contributed by atoms with Gasteiger partial charge in [0.25, 0.3) is 5.91 Å². The minimum absolute atomic E-state index is 0. The van der Waals surface area contributed by atoms with E-state index in [1.165, 1.54) is 0 Å². The fraction of sp³-hybridized carbons (Fsp3) is 0.190. The smallest absolute Gasteiger partial charge is 0.251 e. The SMILES string of the molecule is C.CC[C@H](NC(=O)c1ccc(-c2ccnc(N)n2)cc1)c1ccccc1. The average molecular weight is 348 g/mol. The third kappa shape index (κ3) is 4.45. The lowest BCUT2D eigenvalue weighted by Gasteiger charge is -2.17. The van der Waals surface area contributed by atoms with Crippen molar-refractivity contribution in [1.82, 2.24) is 15.3 Å². The number of carbonyl (C=O) groups excluding carboxylic acids is 1. The van der Waals surface area contributed by atoms with Gasteiger partial charge in [-0.25, -0.2) is 9.97 Å². The number of nitrogens with zero attached hydrogens (tertiary/aromatic N) is 2. The van der Waals surface area contributed by atoms with Crippen LogP contribution in [0.1, 0.15) is 42.7 Å². The van der Waals surface area contributed by atoms with Crippen LogP contribution in [0.3, 0.4) is 0 Å². The molecule has 0 bridgehead atoms. The average Bonchev–Trinajstić information content (AvgIpc) is 2.67. The van der Waals surface area contributed by atoms with Crippen LogP contribution in [0.2, 0.25) is 0 Å². The van der Waals surface area contributed by atoms with E-state index in [9.17, 15) is 4.79 Å². The summed E-state index contributed by atoms with van der Waals surface area (Å²) in [6.07, 6.45) is 2.44. The number of nitrogens with two attached hydrogens (primary N) is 1. The van der Waals surface area contributed by atoms with Gasteiger partial charge < -0.3 is 11.1 Å². The van der Waals surface area contributed by atoms with Crippen molar-refractivity contribution in [1.29, 1.82) is 0 Å². The molecule has 3 N–H and O–H groups in total. The monoisotopic (exact) mass is 348 g/mol. The fourth-order valence-corrected chi connectivity index (χ4v) is 2.67. The molecule has 0 aliphatic heterocycles. The highest BCUT2D eigenvalue weighted by molar-refractivity contribution is 5.94. The maximum absolute atomic E-state index is 12.5. The molecule has 1 atom stereocenters. The number of benzene rings is 2. The summed E-state index contributed by atoms with van der Waals surface area (Å²) in [4.78, 5) is 20.6. The molecule has 0 spiro atoms. The lowest BCUT2D eigenvalue weighted by molar-refractivity contribution is 0.0935. The molecule has 0 saturated carbocycles. The van der Waals surface area contributed by atoms with E-state index in [2.05, 4.69) is 22.2 Å². The molecular weight excluding hydrogens is 324 g/mol. The zero-order valence-corrected chi connectivity index (χ0v) is 14.0. The Balaban J connectivity index is 0.00000243. The van der Waals surface area contributed by atoms with Crippen LogP contribution in [-0.4, -0.2) is 15.9 Å². The van der Waals surface area contributed by atoms with E-state index in [0.717, 1.165) is 23.2 Å². The second kappa shape index (κ2) is 8.76. The quantitative estimate of drug-likeness (QED) is 0.722. The van der Waals surface area contributed by atoms with Gasteiger partial charge in [0, 0.05) is 17.3 Å². The largest absolute Gasteiger partial charge is 0.368 e. The fourth-order valence-electron chi connectivity index (χ4n) is 2.67. The van der Waals surface area contributed by atoms with Crippen molar-refractivity contribution < 1.29 is 4.79 Å². The highest BCUT2D eigenvalue weighted by Gasteiger charge is 2.14. The highest BCUT2D eigenvalue weighted by atomic mass is 16.1. The molecule has 0 aliphatic rings. The molecule has 1 aromatic heterocycles. The first-order valence-corrected chi connectivity index (χ1v) is 8.22. The topological polar surface area (TPSA) is 80.9 Å². The number of rotatable bonds is 5. The van der Waals surface area contributed by atoms with Crippen molar-refractivity contribution in [3.05, 3.63) is 78.0 Å². The third-order valence-electron chi connectivity index (χ3n) is 4.03. The molecule has 0 aliphatic carbocycles. The van der Waals surface area contributed by atoms with Crippen LogP contribution < -0.4 is 11.1 Å². The number of carbonyl (C=O) groups is 1. The summed E-state index contributed by atoms with van der Waals surface area (Å²) in [5.74, 6) is 0.137. The van der Waals surface area contributed by atoms with Gasteiger partial charge in [-0.15, -0.1) is 0 Å². The maximum atomic E-state index is 12.5. The Morgan fingerprint density at radius 2 is 1.77 bits per heavy atom. The Labute approximate surface area is 154 Å². The van der Waals surface area contributed by atoms with E-state index in [1.807, 2.05) is 42.5 Å². The van der Waals surface area contributed by atoms with Gasteiger partial charge in [-0.3, -0.25) is 4.79 Å². The lowest BCUT2D eigenvalue weighted by Crippen LogP contribution is -2.28. The minimum atomic E-state index is -0.0931. The van der Waals surface area contributed by atoms with Crippen LogP contribution in [0.15, 0.2) is 66.9 Å².